The number of likely N-dealkylation sites (N-methyl/N-ethyl adjacent to an activating group) is 2. The number of carbonyl (C=O) groups is 1. The molecule has 1 atom stereocenters. The van der Waals surface area contributed by atoms with E-state index in [9.17, 15) is 4.79 Å². The molecule has 0 aliphatic carbocycles. The molecule has 0 saturated carbocycles. The van der Waals surface area contributed by atoms with Gasteiger partial charge in [-0.2, -0.15) is 0 Å². The van der Waals surface area contributed by atoms with Gasteiger partial charge >= 0.3 is 0 Å². The van der Waals surface area contributed by atoms with Gasteiger partial charge in [-0.15, -0.1) is 0 Å². The zero-order chi connectivity index (χ0) is 10.3. The van der Waals surface area contributed by atoms with Crippen molar-refractivity contribution in [2.75, 3.05) is 27.2 Å². The zero-order valence-electron chi connectivity index (χ0n) is 8.84. The highest BCUT2D eigenvalue weighted by molar-refractivity contribution is 5.81. The van der Waals surface area contributed by atoms with Crippen LogP contribution < -0.4 is 11.1 Å². The van der Waals surface area contributed by atoms with Crippen molar-refractivity contribution in [3.05, 3.63) is 0 Å². The predicted octanol–water partition coefficient (Wildman–Crippen LogP) is -0.208. The summed E-state index contributed by atoms with van der Waals surface area (Å²) >= 11 is 0. The van der Waals surface area contributed by atoms with E-state index in [-0.39, 0.29) is 11.9 Å². The lowest BCUT2D eigenvalue weighted by Gasteiger charge is -2.20. The summed E-state index contributed by atoms with van der Waals surface area (Å²) in [5.41, 5.74) is 5.69. The zero-order valence-corrected chi connectivity index (χ0v) is 8.84. The van der Waals surface area contributed by atoms with Crippen molar-refractivity contribution < 1.29 is 4.79 Å². The molecule has 0 unspecified atom stereocenters. The Morgan fingerprint density at radius 1 is 1.62 bits per heavy atom. The third-order valence-corrected chi connectivity index (χ3v) is 1.99. The van der Waals surface area contributed by atoms with Crippen LogP contribution in [0.2, 0.25) is 0 Å². The quantitative estimate of drug-likeness (QED) is 0.605. The summed E-state index contributed by atoms with van der Waals surface area (Å²) in [5, 5.41) is 2.99. The van der Waals surface area contributed by atoms with Crippen LogP contribution in [0.3, 0.4) is 0 Å². The van der Waals surface area contributed by atoms with E-state index in [0.717, 1.165) is 19.4 Å². The highest BCUT2D eigenvalue weighted by atomic mass is 16.2. The van der Waals surface area contributed by atoms with Crippen molar-refractivity contribution in [1.82, 2.24) is 10.2 Å². The molecule has 0 rings (SSSR count). The third kappa shape index (κ3) is 4.85. The van der Waals surface area contributed by atoms with Crippen molar-refractivity contribution in [2.24, 2.45) is 5.73 Å². The highest BCUT2D eigenvalue weighted by Gasteiger charge is 2.15. The second kappa shape index (κ2) is 6.86. The summed E-state index contributed by atoms with van der Waals surface area (Å²) in [4.78, 5) is 13.2. The topological polar surface area (TPSA) is 58.4 Å². The van der Waals surface area contributed by atoms with Crippen molar-refractivity contribution in [2.45, 2.75) is 25.8 Å². The summed E-state index contributed by atoms with van der Waals surface area (Å²) in [5.74, 6) is 0.0390. The molecule has 0 spiro atoms. The van der Waals surface area contributed by atoms with Crippen LogP contribution in [0, 0.1) is 0 Å². The first-order chi connectivity index (χ1) is 6.13. The number of nitrogens with zero attached hydrogens (tertiary/aromatic N) is 1. The molecule has 0 aliphatic rings. The smallest absolute Gasteiger partial charge is 0.239 e. The first kappa shape index (κ1) is 12.4. The van der Waals surface area contributed by atoms with E-state index in [4.69, 9.17) is 5.73 Å². The Labute approximate surface area is 80.5 Å². The molecule has 0 aromatic rings. The van der Waals surface area contributed by atoms with Gasteiger partial charge in [0.25, 0.3) is 0 Å². The van der Waals surface area contributed by atoms with Crippen LogP contribution in [-0.4, -0.2) is 44.0 Å². The minimum atomic E-state index is -0.327. The lowest BCUT2D eigenvalue weighted by Crippen LogP contribution is -2.43. The normalized spacial score (nSPS) is 12.6. The predicted molar refractivity (Wildman–Crippen MR) is 54.4 cm³/mol. The fraction of sp³-hybridized carbons (Fsp3) is 0.889. The Balaban J connectivity index is 3.79. The number of nitrogens with one attached hydrogen (secondary N) is 1. The Hall–Kier alpha value is -0.610. The van der Waals surface area contributed by atoms with E-state index < -0.39 is 0 Å². The van der Waals surface area contributed by atoms with Crippen molar-refractivity contribution in [3.63, 3.8) is 0 Å². The number of hydrogen-bond acceptors (Lipinski definition) is 3. The fourth-order valence-electron chi connectivity index (χ4n) is 1.11. The molecule has 13 heavy (non-hydrogen) atoms. The van der Waals surface area contributed by atoms with Gasteiger partial charge < -0.3 is 16.0 Å². The van der Waals surface area contributed by atoms with E-state index >= 15 is 0 Å². The number of hydrogen-bond donors (Lipinski definition) is 2. The van der Waals surface area contributed by atoms with E-state index in [1.165, 1.54) is 0 Å². The molecule has 1 amide bonds. The molecule has 0 aromatic heterocycles. The Bertz CT molecular complexity index is 150. The molecule has 0 heterocycles. The van der Waals surface area contributed by atoms with E-state index in [1.807, 2.05) is 14.0 Å². The van der Waals surface area contributed by atoms with Crippen LogP contribution >= 0.6 is 0 Å². The number of amides is 1. The number of carbonyl (C=O) groups excluding carboxylic acids is 1. The minimum absolute atomic E-state index is 0.0390. The maximum absolute atomic E-state index is 11.5. The maximum atomic E-state index is 11.5. The molecular formula is C9H21N3O. The van der Waals surface area contributed by atoms with Crippen molar-refractivity contribution >= 4 is 5.91 Å². The van der Waals surface area contributed by atoms with Gasteiger partial charge in [-0.1, -0.05) is 13.3 Å². The van der Waals surface area contributed by atoms with Gasteiger partial charge in [-0.05, 0) is 13.5 Å². The average Bonchev–Trinajstić information content (AvgIpc) is 2.13. The van der Waals surface area contributed by atoms with Crippen LogP contribution in [0.4, 0.5) is 0 Å². The summed E-state index contributed by atoms with van der Waals surface area (Å²) in [7, 11) is 3.65. The van der Waals surface area contributed by atoms with E-state index in [1.54, 1.807) is 11.9 Å². The minimum Gasteiger partial charge on any atom is -0.343 e. The Morgan fingerprint density at radius 3 is 2.69 bits per heavy atom. The van der Waals surface area contributed by atoms with Crippen LogP contribution in [0.15, 0.2) is 0 Å². The van der Waals surface area contributed by atoms with E-state index in [2.05, 4.69) is 5.32 Å². The lowest BCUT2D eigenvalue weighted by molar-refractivity contribution is -0.131. The molecule has 0 radical (unpaired) electrons. The molecule has 0 saturated heterocycles. The molecule has 3 N–H and O–H groups in total. The summed E-state index contributed by atoms with van der Waals surface area (Å²) in [6.07, 6.45) is 1.72. The highest BCUT2D eigenvalue weighted by Crippen LogP contribution is 1.97. The van der Waals surface area contributed by atoms with Gasteiger partial charge in [0.05, 0.1) is 6.04 Å². The van der Waals surface area contributed by atoms with Gasteiger partial charge in [0, 0.05) is 20.1 Å². The molecular weight excluding hydrogens is 166 g/mol. The first-order valence-electron chi connectivity index (χ1n) is 4.78. The van der Waals surface area contributed by atoms with E-state index in [0.29, 0.717) is 6.54 Å². The lowest BCUT2D eigenvalue weighted by atomic mass is 10.1. The molecule has 0 aliphatic heterocycles. The Morgan fingerprint density at radius 2 is 2.23 bits per heavy atom. The average molecular weight is 187 g/mol. The fourth-order valence-corrected chi connectivity index (χ4v) is 1.11. The largest absolute Gasteiger partial charge is 0.343 e. The summed E-state index contributed by atoms with van der Waals surface area (Å²) in [6.45, 7) is 3.55. The SMILES string of the molecule is CCC[C@@H](N)C(=O)N(C)CCNC. The number of rotatable bonds is 6. The maximum Gasteiger partial charge on any atom is 0.239 e. The molecule has 0 aromatic carbocycles. The monoisotopic (exact) mass is 187 g/mol. The van der Waals surface area contributed by atoms with Crippen LogP contribution in [-0.2, 0) is 4.79 Å². The van der Waals surface area contributed by atoms with Gasteiger partial charge in [-0.25, -0.2) is 0 Å². The second-order valence-corrected chi connectivity index (χ2v) is 3.26. The third-order valence-electron chi connectivity index (χ3n) is 1.99. The Kier molecular flexibility index (Phi) is 6.54. The second-order valence-electron chi connectivity index (χ2n) is 3.26. The van der Waals surface area contributed by atoms with Gasteiger partial charge in [0.15, 0.2) is 0 Å². The van der Waals surface area contributed by atoms with Crippen molar-refractivity contribution in [1.29, 1.82) is 0 Å². The molecule has 0 bridgehead atoms. The van der Waals surface area contributed by atoms with Gasteiger partial charge in [0.2, 0.25) is 5.91 Å². The summed E-state index contributed by atoms with van der Waals surface area (Å²) < 4.78 is 0. The van der Waals surface area contributed by atoms with Crippen LogP contribution in [0.25, 0.3) is 0 Å². The number of nitrogens with two attached hydrogens (primary N) is 1. The standard InChI is InChI=1S/C9H21N3O/c1-4-5-8(10)9(13)12(3)7-6-11-2/h8,11H,4-7,10H2,1-3H3/t8-/m1/s1. The van der Waals surface area contributed by atoms with Gasteiger partial charge in [0.1, 0.15) is 0 Å². The van der Waals surface area contributed by atoms with Crippen LogP contribution in [0.5, 0.6) is 0 Å². The first-order valence-corrected chi connectivity index (χ1v) is 4.78. The molecule has 4 heteroatoms. The van der Waals surface area contributed by atoms with Crippen molar-refractivity contribution in [3.8, 4) is 0 Å². The molecule has 4 nitrogen and oxygen atoms in total. The molecule has 78 valence electrons. The van der Waals surface area contributed by atoms with Crippen LogP contribution in [0.1, 0.15) is 19.8 Å². The van der Waals surface area contributed by atoms with Gasteiger partial charge in [-0.3, -0.25) is 4.79 Å². The summed E-state index contributed by atoms with van der Waals surface area (Å²) in [6, 6.07) is -0.327. The molecule has 0 fully saturated rings.